The minimum absolute atomic E-state index is 0.190. The van der Waals surface area contributed by atoms with Crippen LogP contribution in [0.4, 0.5) is 0 Å². The van der Waals surface area contributed by atoms with Crippen molar-refractivity contribution < 1.29 is 14.7 Å². The van der Waals surface area contributed by atoms with Gasteiger partial charge in [-0.25, -0.2) is 4.79 Å². The van der Waals surface area contributed by atoms with Gasteiger partial charge < -0.3 is 10.4 Å². The average molecular weight is 393 g/mol. The fourth-order valence-corrected chi connectivity index (χ4v) is 2.83. The summed E-state index contributed by atoms with van der Waals surface area (Å²) in [5.41, 5.74) is 0.415. The van der Waals surface area contributed by atoms with E-state index in [1.54, 1.807) is 18.2 Å². The van der Waals surface area contributed by atoms with Crippen molar-refractivity contribution in [2.24, 2.45) is 5.92 Å². The van der Waals surface area contributed by atoms with Crippen molar-refractivity contribution in [1.29, 1.82) is 0 Å². The SMILES string of the molecule is CC(C)CC(NC(=O)c1ccc(Br)cc1Br)C(=O)O. The lowest BCUT2D eigenvalue weighted by atomic mass is 10.0. The molecule has 0 aromatic heterocycles. The van der Waals surface area contributed by atoms with Crippen LogP contribution < -0.4 is 5.32 Å². The van der Waals surface area contributed by atoms with Crippen molar-refractivity contribution in [1.82, 2.24) is 5.32 Å². The van der Waals surface area contributed by atoms with E-state index in [0.29, 0.717) is 16.5 Å². The van der Waals surface area contributed by atoms with Gasteiger partial charge in [-0.05, 0) is 46.5 Å². The predicted octanol–water partition coefficient (Wildman–Crippen LogP) is 3.44. The van der Waals surface area contributed by atoms with Crippen molar-refractivity contribution in [3.8, 4) is 0 Å². The molecule has 0 aliphatic rings. The topological polar surface area (TPSA) is 66.4 Å². The molecule has 19 heavy (non-hydrogen) atoms. The summed E-state index contributed by atoms with van der Waals surface area (Å²) < 4.78 is 1.46. The van der Waals surface area contributed by atoms with Gasteiger partial charge in [0, 0.05) is 8.95 Å². The first-order valence-corrected chi connectivity index (χ1v) is 7.38. The van der Waals surface area contributed by atoms with Gasteiger partial charge in [0.05, 0.1) is 5.56 Å². The Bertz CT molecular complexity index is 489. The quantitative estimate of drug-likeness (QED) is 0.806. The number of nitrogens with one attached hydrogen (secondary N) is 1. The highest BCUT2D eigenvalue weighted by molar-refractivity contribution is 9.11. The lowest BCUT2D eigenvalue weighted by molar-refractivity contribution is -0.139. The van der Waals surface area contributed by atoms with E-state index in [1.807, 2.05) is 13.8 Å². The summed E-state index contributed by atoms with van der Waals surface area (Å²) in [6.07, 6.45) is 0.398. The molecule has 1 amide bonds. The smallest absolute Gasteiger partial charge is 0.326 e. The number of carboxylic acids is 1. The molecule has 6 heteroatoms. The molecule has 0 spiro atoms. The number of amides is 1. The highest BCUT2D eigenvalue weighted by Crippen LogP contribution is 2.22. The monoisotopic (exact) mass is 391 g/mol. The number of rotatable bonds is 5. The molecule has 1 aromatic rings. The number of hydrogen-bond donors (Lipinski definition) is 2. The van der Waals surface area contributed by atoms with Crippen molar-refractivity contribution in [3.63, 3.8) is 0 Å². The molecule has 1 unspecified atom stereocenters. The maximum Gasteiger partial charge on any atom is 0.326 e. The second-order valence-corrected chi connectivity index (χ2v) is 6.39. The highest BCUT2D eigenvalue weighted by Gasteiger charge is 2.22. The third-order valence-electron chi connectivity index (χ3n) is 2.49. The van der Waals surface area contributed by atoms with Crippen LogP contribution in [0.3, 0.4) is 0 Å². The van der Waals surface area contributed by atoms with Crippen molar-refractivity contribution in [2.75, 3.05) is 0 Å². The van der Waals surface area contributed by atoms with Gasteiger partial charge in [-0.3, -0.25) is 4.79 Å². The van der Waals surface area contributed by atoms with Crippen molar-refractivity contribution in [2.45, 2.75) is 26.3 Å². The zero-order valence-electron chi connectivity index (χ0n) is 10.6. The van der Waals surface area contributed by atoms with Crippen LogP contribution in [0, 0.1) is 5.92 Å². The summed E-state index contributed by atoms with van der Waals surface area (Å²) in [7, 11) is 0. The molecule has 0 saturated carbocycles. The molecule has 0 heterocycles. The molecule has 1 rings (SSSR count). The minimum Gasteiger partial charge on any atom is -0.480 e. The van der Waals surface area contributed by atoms with Crippen molar-refractivity contribution >= 4 is 43.7 Å². The lowest BCUT2D eigenvalue weighted by Gasteiger charge is -2.17. The Kier molecular flexibility index (Phi) is 6.00. The summed E-state index contributed by atoms with van der Waals surface area (Å²) >= 11 is 6.58. The molecule has 4 nitrogen and oxygen atoms in total. The maximum atomic E-state index is 12.1. The van der Waals surface area contributed by atoms with Gasteiger partial charge in [0.1, 0.15) is 6.04 Å². The molecule has 104 valence electrons. The van der Waals surface area contributed by atoms with E-state index in [0.717, 1.165) is 4.47 Å². The summed E-state index contributed by atoms with van der Waals surface area (Å²) in [6.45, 7) is 3.83. The van der Waals surface area contributed by atoms with Crippen molar-refractivity contribution in [3.05, 3.63) is 32.7 Å². The number of halogens is 2. The van der Waals surface area contributed by atoms with Gasteiger partial charge in [0.15, 0.2) is 0 Å². The first-order valence-electron chi connectivity index (χ1n) is 5.80. The van der Waals surface area contributed by atoms with Crippen LogP contribution in [0.2, 0.25) is 0 Å². The van der Waals surface area contributed by atoms with Crippen LogP contribution in [0.25, 0.3) is 0 Å². The van der Waals surface area contributed by atoms with Crippen LogP contribution in [-0.2, 0) is 4.79 Å². The van der Waals surface area contributed by atoms with Crippen LogP contribution in [0.1, 0.15) is 30.6 Å². The van der Waals surface area contributed by atoms with Gasteiger partial charge in [0.2, 0.25) is 0 Å². The number of carboxylic acid groups (broad SMARTS) is 1. The number of hydrogen-bond acceptors (Lipinski definition) is 2. The normalized spacial score (nSPS) is 12.3. The van der Waals surface area contributed by atoms with Crippen LogP contribution in [0.5, 0.6) is 0 Å². The van der Waals surface area contributed by atoms with E-state index in [1.165, 1.54) is 0 Å². The summed E-state index contributed by atoms with van der Waals surface area (Å²) in [5, 5.41) is 11.6. The Morgan fingerprint density at radius 2 is 1.95 bits per heavy atom. The first kappa shape index (κ1) is 16.2. The van der Waals surface area contributed by atoms with Crippen LogP contribution in [-0.4, -0.2) is 23.0 Å². The third kappa shape index (κ3) is 4.95. The zero-order chi connectivity index (χ0) is 14.6. The van der Waals surface area contributed by atoms with E-state index in [4.69, 9.17) is 5.11 Å². The third-order valence-corrected chi connectivity index (χ3v) is 3.64. The molecular formula is C13H15Br2NO3. The Morgan fingerprint density at radius 3 is 2.42 bits per heavy atom. The standard InChI is InChI=1S/C13H15Br2NO3/c1-7(2)5-11(13(18)19)16-12(17)9-4-3-8(14)6-10(9)15/h3-4,6-7,11H,5H2,1-2H3,(H,16,17)(H,18,19). The van der Waals surface area contributed by atoms with E-state index in [9.17, 15) is 9.59 Å². The Hall–Kier alpha value is -0.880. The number of carbonyl (C=O) groups is 2. The molecule has 2 N–H and O–H groups in total. The van der Waals surface area contributed by atoms with Gasteiger partial charge in [0.25, 0.3) is 5.91 Å². The summed E-state index contributed by atoms with van der Waals surface area (Å²) in [5.74, 6) is -1.22. The second kappa shape index (κ2) is 7.05. The molecule has 0 aliphatic heterocycles. The molecule has 0 fully saturated rings. The summed E-state index contributed by atoms with van der Waals surface area (Å²) in [6, 6.07) is 4.24. The molecule has 1 aromatic carbocycles. The number of benzene rings is 1. The fourth-order valence-electron chi connectivity index (χ4n) is 1.60. The fraction of sp³-hybridized carbons (Fsp3) is 0.385. The lowest BCUT2D eigenvalue weighted by Crippen LogP contribution is -2.41. The van der Waals surface area contributed by atoms with Gasteiger partial charge in [-0.15, -0.1) is 0 Å². The number of carbonyl (C=O) groups excluding carboxylic acids is 1. The molecule has 0 saturated heterocycles. The second-order valence-electron chi connectivity index (χ2n) is 4.62. The number of aliphatic carboxylic acids is 1. The minimum atomic E-state index is -1.02. The van der Waals surface area contributed by atoms with Gasteiger partial charge >= 0.3 is 5.97 Å². The van der Waals surface area contributed by atoms with Gasteiger partial charge in [-0.2, -0.15) is 0 Å². The molecule has 0 bridgehead atoms. The first-order chi connectivity index (χ1) is 8.81. The van der Waals surface area contributed by atoms with E-state index in [-0.39, 0.29) is 5.92 Å². The molecular weight excluding hydrogens is 378 g/mol. The zero-order valence-corrected chi connectivity index (χ0v) is 13.8. The molecule has 1 atom stereocenters. The highest BCUT2D eigenvalue weighted by atomic mass is 79.9. The van der Waals surface area contributed by atoms with E-state index in [2.05, 4.69) is 37.2 Å². The Labute approximate surface area is 128 Å². The van der Waals surface area contributed by atoms with Crippen LogP contribution in [0.15, 0.2) is 27.1 Å². The largest absolute Gasteiger partial charge is 0.480 e. The molecule has 0 aliphatic carbocycles. The van der Waals surface area contributed by atoms with E-state index >= 15 is 0 Å². The Balaban J connectivity index is 2.84. The maximum absolute atomic E-state index is 12.1. The van der Waals surface area contributed by atoms with Crippen LogP contribution >= 0.6 is 31.9 Å². The average Bonchev–Trinajstić information content (AvgIpc) is 2.26. The Morgan fingerprint density at radius 1 is 1.32 bits per heavy atom. The molecule has 0 radical (unpaired) electrons. The van der Waals surface area contributed by atoms with E-state index < -0.39 is 17.9 Å². The van der Waals surface area contributed by atoms with Gasteiger partial charge in [-0.1, -0.05) is 29.8 Å². The predicted molar refractivity (Wildman–Crippen MR) is 80.2 cm³/mol. The summed E-state index contributed by atoms with van der Waals surface area (Å²) in [4.78, 5) is 23.2.